The molecule has 1 aliphatic heterocycles. The van der Waals surface area contributed by atoms with Gasteiger partial charge in [0, 0.05) is 45.1 Å². The summed E-state index contributed by atoms with van der Waals surface area (Å²) >= 11 is 0. The molecule has 0 bridgehead atoms. The van der Waals surface area contributed by atoms with Crippen molar-refractivity contribution >= 4 is 11.7 Å². The van der Waals surface area contributed by atoms with Crippen LogP contribution in [0.1, 0.15) is 5.69 Å². The lowest BCUT2D eigenvalue weighted by Crippen LogP contribution is -2.52. The van der Waals surface area contributed by atoms with Crippen LogP contribution in [-0.2, 0) is 6.54 Å². The monoisotopic (exact) mass is 341 g/mol. The number of urea groups is 1. The first kappa shape index (κ1) is 16.6. The Morgan fingerprint density at radius 2 is 1.96 bits per heavy atom. The molecule has 24 heavy (non-hydrogen) atoms. The molecule has 9 heteroatoms. The number of aromatic nitrogens is 2. The molecule has 6 nitrogen and oxygen atoms in total. The second kappa shape index (κ2) is 6.68. The first-order valence-electron chi connectivity index (χ1n) is 7.65. The molecule has 0 atom stereocenters. The molecule has 0 aromatic carbocycles. The Morgan fingerprint density at radius 3 is 2.62 bits per heavy atom. The molecule has 1 aliphatic rings. The SMILES string of the molecule is O=C(NCC(F)(F)F)N1CCN(Cc2cn3ccccc3n2)CC1. The number of pyridine rings is 1. The van der Waals surface area contributed by atoms with Crippen molar-refractivity contribution in [3.8, 4) is 0 Å². The van der Waals surface area contributed by atoms with E-state index in [9.17, 15) is 18.0 Å². The smallest absolute Gasteiger partial charge is 0.329 e. The van der Waals surface area contributed by atoms with Gasteiger partial charge in [0.1, 0.15) is 12.2 Å². The van der Waals surface area contributed by atoms with E-state index in [0.29, 0.717) is 32.7 Å². The molecule has 2 aromatic rings. The Labute approximate surface area is 136 Å². The normalized spacial score (nSPS) is 16.5. The highest BCUT2D eigenvalue weighted by atomic mass is 19.4. The Kier molecular flexibility index (Phi) is 4.61. The first-order chi connectivity index (χ1) is 11.4. The molecule has 1 N–H and O–H groups in total. The molecule has 2 amide bonds. The quantitative estimate of drug-likeness (QED) is 0.925. The number of piperazine rings is 1. The number of nitrogens with one attached hydrogen (secondary N) is 1. The number of halogens is 3. The highest BCUT2D eigenvalue weighted by molar-refractivity contribution is 5.74. The maximum absolute atomic E-state index is 12.1. The molecule has 0 aliphatic carbocycles. The van der Waals surface area contributed by atoms with Gasteiger partial charge in [0.15, 0.2) is 0 Å². The fraction of sp³-hybridized carbons (Fsp3) is 0.467. The number of carbonyl (C=O) groups is 1. The summed E-state index contributed by atoms with van der Waals surface area (Å²) in [6, 6.07) is 5.10. The minimum Gasteiger partial charge on any atom is -0.329 e. The number of nitrogens with zero attached hydrogens (tertiary/aromatic N) is 4. The van der Waals surface area contributed by atoms with Gasteiger partial charge >= 0.3 is 12.2 Å². The van der Waals surface area contributed by atoms with Gasteiger partial charge in [0.25, 0.3) is 0 Å². The summed E-state index contributed by atoms with van der Waals surface area (Å²) in [6.45, 7) is 1.36. The summed E-state index contributed by atoms with van der Waals surface area (Å²) < 4.78 is 38.3. The molecule has 2 aromatic heterocycles. The van der Waals surface area contributed by atoms with E-state index in [-0.39, 0.29) is 0 Å². The topological polar surface area (TPSA) is 52.9 Å². The predicted octanol–water partition coefficient (Wildman–Crippen LogP) is 1.72. The van der Waals surface area contributed by atoms with Gasteiger partial charge in [0.05, 0.1) is 5.69 Å². The van der Waals surface area contributed by atoms with Gasteiger partial charge in [-0.05, 0) is 12.1 Å². The summed E-state index contributed by atoms with van der Waals surface area (Å²) in [5.74, 6) is 0. The number of fused-ring (bicyclic) bond motifs is 1. The molecule has 1 saturated heterocycles. The third kappa shape index (κ3) is 4.16. The Bertz CT molecular complexity index is 673. The molecular weight excluding hydrogens is 323 g/mol. The van der Waals surface area contributed by atoms with Crippen molar-refractivity contribution in [2.45, 2.75) is 12.7 Å². The molecule has 0 radical (unpaired) electrons. The van der Waals surface area contributed by atoms with Crippen LogP contribution < -0.4 is 5.32 Å². The van der Waals surface area contributed by atoms with Gasteiger partial charge in [-0.25, -0.2) is 9.78 Å². The second-order valence-electron chi connectivity index (χ2n) is 5.74. The van der Waals surface area contributed by atoms with Crippen LogP contribution >= 0.6 is 0 Å². The average molecular weight is 341 g/mol. The van der Waals surface area contributed by atoms with Crippen molar-refractivity contribution in [1.29, 1.82) is 0 Å². The van der Waals surface area contributed by atoms with Crippen LogP contribution in [0.15, 0.2) is 30.6 Å². The van der Waals surface area contributed by atoms with Crippen molar-refractivity contribution in [3.05, 3.63) is 36.3 Å². The van der Waals surface area contributed by atoms with Crippen LogP contribution in [0.5, 0.6) is 0 Å². The van der Waals surface area contributed by atoms with Crippen molar-refractivity contribution in [2.75, 3.05) is 32.7 Å². The van der Waals surface area contributed by atoms with Crippen LogP contribution in [0.2, 0.25) is 0 Å². The zero-order valence-corrected chi connectivity index (χ0v) is 13.0. The van der Waals surface area contributed by atoms with Crippen LogP contribution in [-0.4, -0.2) is 64.1 Å². The minimum atomic E-state index is -4.39. The van der Waals surface area contributed by atoms with Gasteiger partial charge in [0.2, 0.25) is 0 Å². The van der Waals surface area contributed by atoms with E-state index in [1.165, 1.54) is 4.90 Å². The average Bonchev–Trinajstić information content (AvgIpc) is 2.95. The Hall–Kier alpha value is -2.29. The number of carbonyl (C=O) groups excluding carboxylic acids is 1. The lowest BCUT2D eigenvalue weighted by molar-refractivity contribution is -0.123. The molecule has 3 rings (SSSR count). The predicted molar refractivity (Wildman–Crippen MR) is 81.5 cm³/mol. The molecule has 0 saturated carbocycles. The van der Waals surface area contributed by atoms with Crippen LogP contribution in [0.4, 0.5) is 18.0 Å². The fourth-order valence-corrected chi connectivity index (χ4v) is 2.69. The summed E-state index contributed by atoms with van der Waals surface area (Å²) in [4.78, 5) is 19.8. The van der Waals surface area contributed by atoms with Crippen molar-refractivity contribution in [3.63, 3.8) is 0 Å². The Morgan fingerprint density at radius 1 is 1.21 bits per heavy atom. The van der Waals surface area contributed by atoms with E-state index in [1.54, 1.807) is 0 Å². The van der Waals surface area contributed by atoms with Gasteiger partial charge in [-0.1, -0.05) is 6.07 Å². The zero-order chi connectivity index (χ0) is 17.2. The molecular formula is C15H18F3N5O. The third-order valence-electron chi connectivity index (χ3n) is 3.90. The van der Waals surface area contributed by atoms with Crippen molar-refractivity contribution < 1.29 is 18.0 Å². The largest absolute Gasteiger partial charge is 0.405 e. The summed E-state index contributed by atoms with van der Waals surface area (Å²) in [7, 11) is 0. The van der Waals surface area contributed by atoms with Gasteiger partial charge in [-0.3, -0.25) is 4.90 Å². The van der Waals surface area contributed by atoms with E-state index in [1.807, 2.05) is 40.3 Å². The lowest BCUT2D eigenvalue weighted by Gasteiger charge is -2.34. The van der Waals surface area contributed by atoms with E-state index in [2.05, 4.69) is 9.88 Å². The first-order valence-corrected chi connectivity index (χ1v) is 7.65. The summed E-state index contributed by atoms with van der Waals surface area (Å²) in [6.07, 6.45) is -0.507. The highest BCUT2D eigenvalue weighted by Crippen LogP contribution is 2.13. The van der Waals surface area contributed by atoms with Gasteiger partial charge in [-0.2, -0.15) is 13.2 Å². The fourth-order valence-electron chi connectivity index (χ4n) is 2.69. The summed E-state index contributed by atoms with van der Waals surface area (Å²) in [5, 5.41) is 1.90. The molecule has 0 spiro atoms. The van der Waals surface area contributed by atoms with E-state index in [0.717, 1.165) is 11.3 Å². The second-order valence-corrected chi connectivity index (χ2v) is 5.74. The zero-order valence-electron chi connectivity index (χ0n) is 13.0. The number of imidazole rings is 1. The van der Waals surface area contributed by atoms with Gasteiger partial charge in [-0.15, -0.1) is 0 Å². The summed E-state index contributed by atoms with van der Waals surface area (Å²) in [5.41, 5.74) is 1.80. The maximum Gasteiger partial charge on any atom is 0.405 e. The molecule has 3 heterocycles. The third-order valence-corrected chi connectivity index (χ3v) is 3.90. The standard InChI is InChI=1S/C15H18F3N5O/c16-15(17,18)11-19-14(24)22-7-5-21(6-8-22)9-12-10-23-4-2-1-3-13(23)20-12/h1-4,10H,5-9,11H2,(H,19,24). The lowest BCUT2D eigenvalue weighted by atomic mass is 10.3. The minimum absolute atomic E-state index is 0.400. The van der Waals surface area contributed by atoms with Crippen molar-refractivity contribution in [1.82, 2.24) is 24.5 Å². The molecule has 0 unspecified atom stereocenters. The molecule has 130 valence electrons. The van der Waals surface area contributed by atoms with Crippen LogP contribution in [0.25, 0.3) is 5.65 Å². The Balaban J connectivity index is 1.49. The highest BCUT2D eigenvalue weighted by Gasteiger charge is 2.29. The number of rotatable bonds is 3. The maximum atomic E-state index is 12.1. The number of amides is 2. The van der Waals surface area contributed by atoms with E-state index >= 15 is 0 Å². The van der Waals surface area contributed by atoms with E-state index in [4.69, 9.17) is 0 Å². The number of alkyl halides is 3. The number of hydrogen-bond acceptors (Lipinski definition) is 3. The van der Waals surface area contributed by atoms with Crippen molar-refractivity contribution in [2.24, 2.45) is 0 Å². The van der Waals surface area contributed by atoms with Gasteiger partial charge < -0.3 is 14.6 Å². The number of hydrogen-bond donors (Lipinski definition) is 1. The molecule has 1 fully saturated rings. The van der Waals surface area contributed by atoms with Crippen LogP contribution in [0.3, 0.4) is 0 Å². The van der Waals surface area contributed by atoms with Crippen LogP contribution in [0, 0.1) is 0 Å². The van der Waals surface area contributed by atoms with E-state index < -0.39 is 18.8 Å².